The summed E-state index contributed by atoms with van der Waals surface area (Å²) in [6.07, 6.45) is 0.668. The Morgan fingerprint density at radius 1 is 1.09 bits per heavy atom. The Morgan fingerprint density at radius 2 is 1.82 bits per heavy atom. The van der Waals surface area contributed by atoms with Crippen LogP contribution in [0.1, 0.15) is 23.6 Å². The van der Waals surface area contributed by atoms with E-state index in [9.17, 15) is 5.11 Å². The molecule has 2 aromatic carbocycles. The van der Waals surface area contributed by atoms with Gasteiger partial charge in [-0.15, -0.1) is 0 Å². The van der Waals surface area contributed by atoms with Crippen LogP contribution < -0.4 is 10.1 Å². The second-order valence-corrected chi connectivity index (χ2v) is 4.91. The minimum atomic E-state index is 0.121. The standard InChI is InChI=1S/C18H20N2O2/c19-14-15-6-8-17(9-7-15)22-13-11-20-18(10-12-21)16-4-2-1-3-5-16/h1-9,18,20-21H,10-13H2. The number of hydrogen-bond acceptors (Lipinski definition) is 4. The number of nitrogens with zero attached hydrogens (tertiary/aromatic N) is 1. The number of hydrogen-bond donors (Lipinski definition) is 2. The zero-order chi connectivity index (χ0) is 15.6. The maximum absolute atomic E-state index is 9.18. The molecular weight excluding hydrogens is 276 g/mol. The van der Waals surface area contributed by atoms with Crippen molar-refractivity contribution in [3.63, 3.8) is 0 Å². The summed E-state index contributed by atoms with van der Waals surface area (Å²) in [5.74, 6) is 0.749. The van der Waals surface area contributed by atoms with Crippen molar-refractivity contribution < 1.29 is 9.84 Å². The lowest BCUT2D eigenvalue weighted by atomic mass is 10.0. The lowest BCUT2D eigenvalue weighted by Gasteiger charge is -2.18. The number of nitrogens with one attached hydrogen (secondary N) is 1. The summed E-state index contributed by atoms with van der Waals surface area (Å²) in [5, 5.41) is 21.3. The van der Waals surface area contributed by atoms with Crippen molar-refractivity contribution in [1.82, 2.24) is 5.32 Å². The molecular formula is C18H20N2O2. The van der Waals surface area contributed by atoms with E-state index in [0.717, 1.165) is 11.3 Å². The zero-order valence-corrected chi connectivity index (χ0v) is 12.4. The summed E-state index contributed by atoms with van der Waals surface area (Å²) in [5.41, 5.74) is 1.78. The highest BCUT2D eigenvalue weighted by Crippen LogP contribution is 2.16. The van der Waals surface area contributed by atoms with Gasteiger partial charge in [0.2, 0.25) is 0 Å². The van der Waals surface area contributed by atoms with Gasteiger partial charge in [-0.2, -0.15) is 5.26 Å². The van der Waals surface area contributed by atoms with Gasteiger partial charge in [0.05, 0.1) is 11.6 Å². The van der Waals surface area contributed by atoms with Gasteiger partial charge in [-0.05, 0) is 36.2 Å². The summed E-state index contributed by atoms with van der Waals surface area (Å²) in [6, 6.07) is 19.3. The van der Waals surface area contributed by atoms with E-state index in [4.69, 9.17) is 10.00 Å². The third-order valence-corrected chi connectivity index (χ3v) is 3.36. The molecule has 0 radical (unpaired) electrons. The molecule has 0 spiro atoms. The molecule has 0 bridgehead atoms. The first-order valence-corrected chi connectivity index (χ1v) is 7.35. The Bertz CT molecular complexity index is 591. The molecule has 4 heteroatoms. The van der Waals surface area contributed by atoms with Gasteiger partial charge in [0.1, 0.15) is 12.4 Å². The highest BCUT2D eigenvalue weighted by Gasteiger charge is 2.09. The first kappa shape index (κ1) is 16.0. The van der Waals surface area contributed by atoms with E-state index in [1.807, 2.05) is 18.2 Å². The van der Waals surface area contributed by atoms with E-state index in [2.05, 4.69) is 23.5 Å². The maximum Gasteiger partial charge on any atom is 0.119 e. The average Bonchev–Trinajstić information content (AvgIpc) is 2.59. The normalized spacial score (nSPS) is 11.6. The fourth-order valence-electron chi connectivity index (χ4n) is 2.23. The summed E-state index contributed by atoms with van der Waals surface area (Å²) < 4.78 is 5.64. The lowest BCUT2D eigenvalue weighted by molar-refractivity contribution is 0.255. The summed E-state index contributed by atoms with van der Waals surface area (Å²) in [4.78, 5) is 0. The van der Waals surface area contributed by atoms with Gasteiger partial charge in [0.25, 0.3) is 0 Å². The first-order chi connectivity index (χ1) is 10.8. The lowest BCUT2D eigenvalue weighted by Crippen LogP contribution is -2.27. The van der Waals surface area contributed by atoms with E-state index >= 15 is 0 Å². The Morgan fingerprint density at radius 3 is 2.45 bits per heavy atom. The van der Waals surface area contributed by atoms with Gasteiger partial charge in [-0.1, -0.05) is 30.3 Å². The Labute approximate surface area is 131 Å². The smallest absolute Gasteiger partial charge is 0.119 e. The molecule has 114 valence electrons. The molecule has 0 amide bonds. The summed E-state index contributed by atoms with van der Waals surface area (Å²) in [6.45, 7) is 1.35. The van der Waals surface area contributed by atoms with Crippen molar-refractivity contribution in [2.45, 2.75) is 12.5 Å². The molecule has 0 aliphatic rings. The predicted octanol–water partition coefficient (Wildman–Crippen LogP) is 2.65. The van der Waals surface area contributed by atoms with Crippen LogP contribution in [-0.4, -0.2) is 24.9 Å². The van der Waals surface area contributed by atoms with Crippen LogP contribution >= 0.6 is 0 Å². The molecule has 0 saturated carbocycles. The third-order valence-electron chi connectivity index (χ3n) is 3.36. The van der Waals surface area contributed by atoms with Gasteiger partial charge in [-0.3, -0.25) is 0 Å². The Hall–Kier alpha value is -2.35. The van der Waals surface area contributed by atoms with Gasteiger partial charge in [0.15, 0.2) is 0 Å². The van der Waals surface area contributed by atoms with Crippen LogP contribution in [0.2, 0.25) is 0 Å². The van der Waals surface area contributed by atoms with Crippen LogP contribution in [0.3, 0.4) is 0 Å². The largest absolute Gasteiger partial charge is 0.492 e. The van der Waals surface area contributed by atoms with E-state index in [1.165, 1.54) is 0 Å². The van der Waals surface area contributed by atoms with Crippen LogP contribution in [0.4, 0.5) is 0 Å². The zero-order valence-electron chi connectivity index (χ0n) is 12.4. The minimum absolute atomic E-state index is 0.121. The van der Waals surface area contributed by atoms with Crippen molar-refractivity contribution in [2.75, 3.05) is 19.8 Å². The van der Waals surface area contributed by atoms with Crippen molar-refractivity contribution in [3.05, 3.63) is 65.7 Å². The molecule has 2 aromatic rings. The van der Waals surface area contributed by atoms with Crippen molar-refractivity contribution in [1.29, 1.82) is 5.26 Å². The SMILES string of the molecule is N#Cc1ccc(OCCNC(CCO)c2ccccc2)cc1. The Balaban J connectivity index is 1.79. The van der Waals surface area contributed by atoms with Gasteiger partial charge < -0.3 is 15.2 Å². The second-order valence-electron chi connectivity index (χ2n) is 4.91. The maximum atomic E-state index is 9.18. The molecule has 0 aliphatic carbocycles. The summed E-state index contributed by atoms with van der Waals surface area (Å²) >= 11 is 0. The van der Waals surface area contributed by atoms with E-state index in [-0.39, 0.29) is 12.6 Å². The molecule has 0 saturated heterocycles. The number of rotatable bonds is 8. The van der Waals surface area contributed by atoms with Crippen LogP contribution in [0.5, 0.6) is 5.75 Å². The molecule has 0 aromatic heterocycles. The van der Waals surface area contributed by atoms with Gasteiger partial charge in [-0.25, -0.2) is 0 Å². The van der Waals surface area contributed by atoms with Crippen LogP contribution in [0.15, 0.2) is 54.6 Å². The minimum Gasteiger partial charge on any atom is -0.492 e. The average molecular weight is 296 g/mol. The van der Waals surface area contributed by atoms with Crippen LogP contribution in [0, 0.1) is 11.3 Å². The highest BCUT2D eigenvalue weighted by atomic mass is 16.5. The van der Waals surface area contributed by atoms with Crippen LogP contribution in [0.25, 0.3) is 0 Å². The molecule has 2 rings (SSSR count). The van der Waals surface area contributed by atoms with E-state index < -0.39 is 0 Å². The number of benzene rings is 2. The monoisotopic (exact) mass is 296 g/mol. The predicted molar refractivity (Wildman–Crippen MR) is 85.5 cm³/mol. The molecule has 1 atom stereocenters. The molecule has 2 N–H and O–H groups in total. The fourth-order valence-corrected chi connectivity index (χ4v) is 2.23. The number of aliphatic hydroxyl groups is 1. The Kier molecular flexibility index (Phi) is 6.43. The number of aliphatic hydroxyl groups excluding tert-OH is 1. The number of nitriles is 1. The number of ether oxygens (including phenoxy) is 1. The van der Waals surface area contributed by atoms with E-state index in [0.29, 0.717) is 25.1 Å². The molecule has 0 aliphatic heterocycles. The van der Waals surface area contributed by atoms with Crippen LogP contribution in [-0.2, 0) is 0 Å². The second kappa shape index (κ2) is 8.83. The highest BCUT2D eigenvalue weighted by molar-refractivity contribution is 5.34. The fraction of sp³-hybridized carbons (Fsp3) is 0.278. The van der Waals surface area contributed by atoms with Crippen molar-refractivity contribution >= 4 is 0 Å². The third kappa shape index (κ3) is 4.88. The topological polar surface area (TPSA) is 65.3 Å². The van der Waals surface area contributed by atoms with E-state index in [1.54, 1.807) is 24.3 Å². The van der Waals surface area contributed by atoms with Crippen molar-refractivity contribution in [3.8, 4) is 11.8 Å². The molecule has 0 fully saturated rings. The molecule has 4 nitrogen and oxygen atoms in total. The molecule has 1 unspecified atom stereocenters. The van der Waals surface area contributed by atoms with Crippen molar-refractivity contribution in [2.24, 2.45) is 0 Å². The van der Waals surface area contributed by atoms with Gasteiger partial charge >= 0.3 is 0 Å². The van der Waals surface area contributed by atoms with Gasteiger partial charge in [0, 0.05) is 19.2 Å². The molecule has 0 heterocycles. The molecule has 22 heavy (non-hydrogen) atoms. The summed E-state index contributed by atoms with van der Waals surface area (Å²) in [7, 11) is 0. The first-order valence-electron chi connectivity index (χ1n) is 7.35. The quantitative estimate of drug-likeness (QED) is 0.735.